The van der Waals surface area contributed by atoms with Crippen LogP contribution < -0.4 is 5.32 Å². The first-order valence-electron chi connectivity index (χ1n) is 4.73. The minimum Gasteiger partial charge on any atom is -0.381 e. The van der Waals surface area contributed by atoms with Crippen LogP contribution in [0.25, 0.3) is 0 Å². The number of aryl methyl sites for hydroxylation is 1. The van der Waals surface area contributed by atoms with Crippen LogP contribution in [-0.4, -0.2) is 6.54 Å². The standard InChI is InChI=1S/C12H16BrN/c1-9(2)6-7-14-12-5-4-11(13)8-10(12)3/h4-6,8,14H,7H2,1-3H3. The van der Waals surface area contributed by atoms with E-state index in [1.165, 1.54) is 16.8 Å². The first-order valence-corrected chi connectivity index (χ1v) is 5.52. The van der Waals surface area contributed by atoms with Gasteiger partial charge in [-0.05, 0) is 44.5 Å². The largest absolute Gasteiger partial charge is 0.381 e. The molecule has 0 fully saturated rings. The van der Waals surface area contributed by atoms with Crippen LogP contribution in [0.2, 0.25) is 0 Å². The molecular formula is C12H16BrN. The molecule has 1 N–H and O–H groups in total. The van der Waals surface area contributed by atoms with Crippen molar-refractivity contribution >= 4 is 21.6 Å². The fourth-order valence-electron chi connectivity index (χ4n) is 1.19. The van der Waals surface area contributed by atoms with Crippen molar-refractivity contribution in [3.8, 4) is 0 Å². The van der Waals surface area contributed by atoms with Gasteiger partial charge >= 0.3 is 0 Å². The first-order chi connectivity index (χ1) is 6.59. The van der Waals surface area contributed by atoms with Gasteiger partial charge in [-0.25, -0.2) is 0 Å². The summed E-state index contributed by atoms with van der Waals surface area (Å²) in [6.45, 7) is 7.21. The maximum atomic E-state index is 3.45. The Hall–Kier alpha value is -0.760. The van der Waals surface area contributed by atoms with E-state index in [-0.39, 0.29) is 0 Å². The monoisotopic (exact) mass is 253 g/mol. The molecule has 0 aliphatic rings. The minimum atomic E-state index is 0.894. The van der Waals surface area contributed by atoms with Gasteiger partial charge in [-0.15, -0.1) is 0 Å². The zero-order chi connectivity index (χ0) is 10.6. The second-order valence-corrected chi connectivity index (χ2v) is 4.54. The summed E-state index contributed by atoms with van der Waals surface area (Å²) in [6, 6.07) is 6.26. The summed E-state index contributed by atoms with van der Waals surface area (Å²) in [6.07, 6.45) is 2.18. The van der Waals surface area contributed by atoms with E-state index in [0.717, 1.165) is 11.0 Å². The summed E-state index contributed by atoms with van der Waals surface area (Å²) in [4.78, 5) is 0. The van der Waals surface area contributed by atoms with Crippen LogP contribution in [0.15, 0.2) is 34.3 Å². The van der Waals surface area contributed by atoms with Crippen LogP contribution in [-0.2, 0) is 0 Å². The highest BCUT2D eigenvalue weighted by Crippen LogP contribution is 2.19. The number of anilines is 1. The summed E-state index contributed by atoms with van der Waals surface area (Å²) in [5.74, 6) is 0. The fourth-order valence-corrected chi connectivity index (χ4v) is 1.67. The molecule has 0 atom stereocenters. The number of halogens is 1. The van der Waals surface area contributed by atoms with E-state index in [9.17, 15) is 0 Å². The molecule has 0 bridgehead atoms. The van der Waals surface area contributed by atoms with Crippen molar-refractivity contribution in [3.05, 3.63) is 39.9 Å². The molecule has 0 aromatic heterocycles. The van der Waals surface area contributed by atoms with Crippen molar-refractivity contribution < 1.29 is 0 Å². The maximum Gasteiger partial charge on any atom is 0.0373 e. The summed E-state index contributed by atoms with van der Waals surface area (Å²) in [5, 5.41) is 3.37. The van der Waals surface area contributed by atoms with E-state index in [4.69, 9.17) is 0 Å². The zero-order valence-electron chi connectivity index (χ0n) is 8.89. The van der Waals surface area contributed by atoms with Gasteiger partial charge in [0.25, 0.3) is 0 Å². The molecule has 0 aliphatic heterocycles. The summed E-state index contributed by atoms with van der Waals surface area (Å²) in [7, 11) is 0. The third kappa shape index (κ3) is 3.54. The Labute approximate surface area is 94.3 Å². The zero-order valence-corrected chi connectivity index (χ0v) is 10.5. The molecule has 0 unspecified atom stereocenters. The summed E-state index contributed by atoms with van der Waals surface area (Å²) < 4.78 is 1.13. The third-order valence-electron chi connectivity index (χ3n) is 1.99. The quantitative estimate of drug-likeness (QED) is 0.799. The molecule has 0 saturated carbocycles. The van der Waals surface area contributed by atoms with Crippen LogP contribution in [0, 0.1) is 6.92 Å². The summed E-state index contributed by atoms with van der Waals surface area (Å²) >= 11 is 3.45. The van der Waals surface area contributed by atoms with Gasteiger partial charge in [0.15, 0.2) is 0 Å². The molecule has 0 amide bonds. The molecule has 0 spiro atoms. The highest BCUT2D eigenvalue weighted by Gasteiger charge is 1.96. The van der Waals surface area contributed by atoms with Crippen molar-refractivity contribution in [2.45, 2.75) is 20.8 Å². The number of hydrogen-bond acceptors (Lipinski definition) is 1. The number of rotatable bonds is 3. The molecule has 1 nitrogen and oxygen atoms in total. The minimum absolute atomic E-state index is 0.894. The Morgan fingerprint density at radius 1 is 1.43 bits per heavy atom. The van der Waals surface area contributed by atoms with Crippen molar-refractivity contribution in [3.63, 3.8) is 0 Å². The average molecular weight is 254 g/mol. The van der Waals surface area contributed by atoms with Crippen molar-refractivity contribution in [1.82, 2.24) is 0 Å². The van der Waals surface area contributed by atoms with Crippen molar-refractivity contribution in [1.29, 1.82) is 0 Å². The molecule has 1 rings (SSSR count). The molecular weight excluding hydrogens is 238 g/mol. The second-order valence-electron chi connectivity index (χ2n) is 3.62. The van der Waals surface area contributed by atoms with Crippen molar-refractivity contribution in [2.75, 3.05) is 11.9 Å². The molecule has 0 aliphatic carbocycles. The average Bonchev–Trinajstić information content (AvgIpc) is 2.08. The Bertz CT molecular complexity index is 338. The Balaban J connectivity index is 2.64. The third-order valence-corrected chi connectivity index (χ3v) is 2.48. The van der Waals surface area contributed by atoms with Gasteiger partial charge in [-0.2, -0.15) is 0 Å². The SMILES string of the molecule is CC(C)=CCNc1ccc(Br)cc1C. The van der Waals surface area contributed by atoms with Gasteiger partial charge in [0, 0.05) is 16.7 Å². The lowest BCUT2D eigenvalue weighted by Gasteiger charge is -2.07. The lowest BCUT2D eigenvalue weighted by molar-refractivity contribution is 1.25. The van der Waals surface area contributed by atoms with Gasteiger partial charge in [0.1, 0.15) is 0 Å². The number of nitrogens with one attached hydrogen (secondary N) is 1. The molecule has 0 heterocycles. The van der Waals surface area contributed by atoms with Gasteiger partial charge in [-0.3, -0.25) is 0 Å². The highest BCUT2D eigenvalue weighted by molar-refractivity contribution is 9.10. The predicted octanol–water partition coefficient (Wildman–Crippen LogP) is 4.14. The fraction of sp³-hybridized carbons (Fsp3) is 0.333. The first kappa shape index (κ1) is 11.3. The van der Waals surface area contributed by atoms with Gasteiger partial charge in [-0.1, -0.05) is 27.6 Å². The van der Waals surface area contributed by atoms with Crippen LogP contribution in [0.5, 0.6) is 0 Å². The Kier molecular flexibility index (Phi) is 4.21. The predicted molar refractivity (Wildman–Crippen MR) is 66.8 cm³/mol. The van der Waals surface area contributed by atoms with E-state index in [1.807, 2.05) is 0 Å². The highest BCUT2D eigenvalue weighted by atomic mass is 79.9. The second kappa shape index (κ2) is 5.20. The van der Waals surface area contributed by atoms with Crippen LogP contribution >= 0.6 is 15.9 Å². The van der Waals surface area contributed by atoms with E-state index in [0.29, 0.717) is 0 Å². The van der Waals surface area contributed by atoms with Crippen LogP contribution in [0.4, 0.5) is 5.69 Å². The Morgan fingerprint density at radius 2 is 2.14 bits per heavy atom. The molecule has 2 heteroatoms. The maximum absolute atomic E-state index is 3.45. The van der Waals surface area contributed by atoms with Gasteiger partial charge in [0.05, 0.1) is 0 Å². The Morgan fingerprint density at radius 3 is 2.71 bits per heavy atom. The molecule has 1 aromatic carbocycles. The smallest absolute Gasteiger partial charge is 0.0373 e. The lowest BCUT2D eigenvalue weighted by Crippen LogP contribution is -2.00. The van der Waals surface area contributed by atoms with E-state index in [2.05, 4.69) is 66.3 Å². The van der Waals surface area contributed by atoms with Crippen LogP contribution in [0.1, 0.15) is 19.4 Å². The molecule has 1 aromatic rings. The lowest BCUT2D eigenvalue weighted by atomic mass is 10.2. The van der Waals surface area contributed by atoms with E-state index in [1.54, 1.807) is 0 Å². The van der Waals surface area contributed by atoms with Crippen LogP contribution in [0.3, 0.4) is 0 Å². The topological polar surface area (TPSA) is 12.0 Å². The normalized spacial score (nSPS) is 9.71. The van der Waals surface area contributed by atoms with Gasteiger partial charge < -0.3 is 5.32 Å². The molecule has 14 heavy (non-hydrogen) atoms. The number of hydrogen-bond donors (Lipinski definition) is 1. The van der Waals surface area contributed by atoms with E-state index >= 15 is 0 Å². The van der Waals surface area contributed by atoms with E-state index < -0.39 is 0 Å². The number of allylic oxidation sites excluding steroid dienone is 1. The molecule has 76 valence electrons. The van der Waals surface area contributed by atoms with Crippen molar-refractivity contribution in [2.24, 2.45) is 0 Å². The summed E-state index contributed by atoms with van der Waals surface area (Å²) in [5.41, 5.74) is 3.81. The molecule has 0 radical (unpaired) electrons. The number of benzene rings is 1. The van der Waals surface area contributed by atoms with Gasteiger partial charge in [0.2, 0.25) is 0 Å². The molecule has 0 saturated heterocycles.